The molecule has 1 aliphatic heterocycles. The molecule has 0 radical (unpaired) electrons. The number of ether oxygens (including phenoxy) is 1. The zero-order chi connectivity index (χ0) is 18.1. The molecule has 0 bridgehead atoms. The summed E-state index contributed by atoms with van der Waals surface area (Å²) in [4.78, 5) is 6.66. The summed E-state index contributed by atoms with van der Waals surface area (Å²) >= 11 is 1.46. The van der Waals surface area contributed by atoms with Crippen LogP contribution in [0.25, 0.3) is 11.3 Å². The molecule has 0 amide bonds. The van der Waals surface area contributed by atoms with Crippen molar-refractivity contribution in [2.45, 2.75) is 17.7 Å². The molecule has 6 heteroatoms. The van der Waals surface area contributed by atoms with Crippen LogP contribution < -0.4 is 9.64 Å². The molecule has 0 fully saturated rings. The number of rotatable bonds is 3. The van der Waals surface area contributed by atoms with Gasteiger partial charge in [-0.05, 0) is 29.5 Å². The summed E-state index contributed by atoms with van der Waals surface area (Å²) in [6.07, 6.45) is 2.59. The fourth-order valence-corrected chi connectivity index (χ4v) is 3.41. The number of hydrogen-bond acceptors (Lipinski definition) is 6. The van der Waals surface area contributed by atoms with Gasteiger partial charge in [-0.2, -0.15) is 4.98 Å². The molecule has 1 unspecified atom stereocenters. The van der Waals surface area contributed by atoms with Crippen LogP contribution in [0.3, 0.4) is 0 Å². The van der Waals surface area contributed by atoms with Crippen molar-refractivity contribution in [1.82, 2.24) is 15.2 Å². The van der Waals surface area contributed by atoms with E-state index >= 15 is 0 Å². The highest BCUT2D eigenvalue weighted by Gasteiger charge is 2.26. The minimum absolute atomic E-state index is 0.111. The Morgan fingerprint density at radius 2 is 1.81 bits per heavy atom. The number of nitrogens with zero attached hydrogens (tertiary/aromatic N) is 4. The van der Waals surface area contributed by atoms with Crippen molar-refractivity contribution in [2.24, 2.45) is 0 Å². The molecule has 5 nitrogen and oxygen atoms in total. The maximum Gasteiger partial charge on any atom is 0.245 e. The van der Waals surface area contributed by atoms with E-state index in [2.05, 4.69) is 56.5 Å². The number of hydrogen-bond donors (Lipinski definition) is 0. The average molecular weight is 364 g/mol. The van der Waals surface area contributed by atoms with Crippen molar-refractivity contribution < 1.29 is 4.74 Å². The van der Waals surface area contributed by atoms with Gasteiger partial charge in [0.15, 0.2) is 5.69 Å². The van der Waals surface area contributed by atoms with Crippen LogP contribution in [0, 0.1) is 0 Å². The molecular formula is C20H20N4OS. The first kappa shape index (κ1) is 16.8. The van der Waals surface area contributed by atoms with Crippen LogP contribution in [0.1, 0.15) is 17.2 Å². The Labute approximate surface area is 157 Å². The highest BCUT2D eigenvalue weighted by Crippen LogP contribution is 2.38. The van der Waals surface area contributed by atoms with Crippen molar-refractivity contribution >= 4 is 17.4 Å². The van der Waals surface area contributed by atoms with E-state index in [-0.39, 0.29) is 6.10 Å². The molecule has 1 atom stereocenters. The standard InChI is InChI=1S/C20H20N4OS/c1-24(2)15-10-8-13(9-11-15)17-12-14-6-4-5-7-16(14)18-19(25-17)21-20(26-3)23-22-18/h4-11,17H,12H2,1-3H3. The van der Waals surface area contributed by atoms with Crippen molar-refractivity contribution in [3.8, 4) is 17.1 Å². The molecule has 0 saturated carbocycles. The van der Waals surface area contributed by atoms with Gasteiger partial charge in [0.05, 0.1) is 0 Å². The van der Waals surface area contributed by atoms with Crippen molar-refractivity contribution in [3.05, 3.63) is 59.7 Å². The summed E-state index contributed by atoms with van der Waals surface area (Å²) in [7, 11) is 4.08. The highest BCUT2D eigenvalue weighted by atomic mass is 32.2. The fraction of sp³-hybridized carbons (Fsp3) is 0.250. The van der Waals surface area contributed by atoms with Crippen molar-refractivity contribution in [3.63, 3.8) is 0 Å². The van der Waals surface area contributed by atoms with E-state index in [0.717, 1.165) is 23.2 Å². The van der Waals surface area contributed by atoms with Crippen LogP contribution in [0.5, 0.6) is 5.88 Å². The molecule has 26 heavy (non-hydrogen) atoms. The van der Waals surface area contributed by atoms with E-state index in [9.17, 15) is 0 Å². The van der Waals surface area contributed by atoms with Crippen LogP contribution >= 0.6 is 11.8 Å². The Hall–Kier alpha value is -2.60. The van der Waals surface area contributed by atoms with Crippen LogP contribution in [0.2, 0.25) is 0 Å². The van der Waals surface area contributed by atoms with Gasteiger partial charge in [-0.15, -0.1) is 10.2 Å². The molecule has 0 aliphatic carbocycles. The zero-order valence-corrected chi connectivity index (χ0v) is 15.8. The summed E-state index contributed by atoms with van der Waals surface area (Å²) in [5.41, 5.74) is 5.24. The first-order valence-corrected chi connectivity index (χ1v) is 9.69. The second-order valence-electron chi connectivity index (χ2n) is 6.41. The van der Waals surface area contributed by atoms with E-state index in [4.69, 9.17) is 4.74 Å². The molecule has 0 N–H and O–H groups in total. The second kappa shape index (κ2) is 6.96. The number of benzene rings is 2. The lowest BCUT2D eigenvalue weighted by Crippen LogP contribution is -2.12. The van der Waals surface area contributed by atoms with Gasteiger partial charge in [-0.1, -0.05) is 48.2 Å². The maximum atomic E-state index is 6.33. The molecule has 4 rings (SSSR count). The molecule has 2 aromatic carbocycles. The lowest BCUT2D eigenvalue weighted by molar-refractivity contribution is 0.198. The lowest BCUT2D eigenvalue weighted by Gasteiger charge is -2.19. The van der Waals surface area contributed by atoms with E-state index in [1.807, 2.05) is 32.5 Å². The van der Waals surface area contributed by atoms with Crippen molar-refractivity contribution in [1.29, 1.82) is 0 Å². The van der Waals surface area contributed by atoms with Crippen molar-refractivity contribution in [2.75, 3.05) is 25.3 Å². The number of fused-ring (bicyclic) bond motifs is 3. The summed E-state index contributed by atoms with van der Waals surface area (Å²) in [6.45, 7) is 0. The molecular weight excluding hydrogens is 344 g/mol. The van der Waals surface area contributed by atoms with E-state index in [1.165, 1.54) is 17.3 Å². The van der Waals surface area contributed by atoms with E-state index in [1.54, 1.807) is 0 Å². The molecule has 3 aromatic rings. The Bertz CT molecular complexity index is 927. The first-order chi connectivity index (χ1) is 12.7. The summed E-state index contributed by atoms with van der Waals surface area (Å²) in [5.74, 6) is 0.552. The van der Waals surface area contributed by atoms with Crippen LogP contribution in [-0.2, 0) is 6.42 Å². The maximum absolute atomic E-state index is 6.33. The fourth-order valence-electron chi connectivity index (χ4n) is 3.11. The Kier molecular flexibility index (Phi) is 4.51. The number of aromatic nitrogens is 3. The topological polar surface area (TPSA) is 51.1 Å². The normalized spacial score (nSPS) is 15.4. The summed E-state index contributed by atoms with van der Waals surface area (Å²) in [5, 5.41) is 9.20. The van der Waals surface area contributed by atoms with Crippen LogP contribution in [0.4, 0.5) is 5.69 Å². The third kappa shape index (κ3) is 3.12. The predicted octanol–water partition coefficient (Wildman–Crippen LogP) is 4.00. The van der Waals surface area contributed by atoms with E-state index < -0.39 is 0 Å². The van der Waals surface area contributed by atoms with Gasteiger partial charge < -0.3 is 9.64 Å². The summed E-state index contributed by atoms with van der Waals surface area (Å²) in [6, 6.07) is 16.7. The van der Waals surface area contributed by atoms with Gasteiger partial charge >= 0.3 is 0 Å². The van der Waals surface area contributed by atoms with Gasteiger partial charge in [0.2, 0.25) is 11.0 Å². The van der Waals surface area contributed by atoms with E-state index in [0.29, 0.717) is 16.7 Å². The SMILES string of the molecule is CSc1nnc2c(n1)OC(c1ccc(N(C)C)cc1)Cc1ccccc1-2. The highest BCUT2D eigenvalue weighted by molar-refractivity contribution is 7.98. The zero-order valence-electron chi connectivity index (χ0n) is 15.0. The number of anilines is 1. The largest absolute Gasteiger partial charge is 0.467 e. The molecule has 1 aromatic heterocycles. The van der Waals surface area contributed by atoms with Gasteiger partial charge in [0.1, 0.15) is 6.10 Å². The minimum atomic E-state index is -0.111. The predicted molar refractivity (Wildman–Crippen MR) is 105 cm³/mol. The van der Waals surface area contributed by atoms with Crippen LogP contribution in [-0.4, -0.2) is 35.5 Å². The lowest BCUT2D eigenvalue weighted by atomic mass is 9.97. The molecule has 2 heterocycles. The average Bonchev–Trinajstić information content (AvgIpc) is 2.84. The van der Waals surface area contributed by atoms with Gasteiger partial charge in [-0.25, -0.2) is 0 Å². The Morgan fingerprint density at radius 1 is 1.04 bits per heavy atom. The third-order valence-corrected chi connectivity index (χ3v) is 5.07. The minimum Gasteiger partial charge on any atom is -0.467 e. The Balaban J connectivity index is 1.79. The van der Waals surface area contributed by atoms with Crippen LogP contribution in [0.15, 0.2) is 53.7 Å². The Morgan fingerprint density at radius 3 is 2.54 bits per heavy atom. The number of thioether (sulfide) groups is 1. The smallest absolute Gasteiger partial charge is 0.245 e. The molecule has 1 aliphatic rings. The molecule has 0 spiro atoms. The van der Waals surface area contributed by atoms with Gasteiger partial charge in [-0.3, -0.25) is 0 Å². The molecule has 132 valence electrons. The summed E-state index contributed by atoms with van der Waals surface area (Å²) < 4.78 is 6.33. The monoisotopic (exact) mass is 364 g/mol. The quantitative estimate of drug-likeness (QED) is 0.655. The first-order valence-electron chi connectivity index (χ1n) is 8.46. The third-order valence-electron chi connectivity index (χ3n) is 4.53. The van der Waals surface area contributed by atoms with Gasteiger partial charge in [0, 0.05) is 31.8 Å². The second-order valence-corrected chi connectivity index (χ2v) is 7.18. The van der Waals surface area contributed by atoms with Gasteiger partial charge in [0.25, 0.3) is 0 Å². The molecule has 0 saturated heterocycles.